The number of hydrogen-bond donors (Lipinski definition) is 1. The summed E-state index contributed by atoms with van der Waals surface area (Å²) >= 11 is 0. The molecule has 14 heteroatoms. The van der Waals surface area contributed by atoms with E-state index >= 15 is 0 Å². The van der Waals surface area contributed by atoms with Crippen LogP contribution in [-0.4, -0.2) is 75.2 Å². The lowest BCUT2D eigenvalue weighted by molar-refractivity contribution is -0.168. The van der Waals surface area contributed by atoms with Crippen molar-refractivity contribution in [1.29, 1.82) is 0 Å². The van der Waals surface area contributed by atoms with Crippen molar-refractivity contribution in [3.05, 3.63) is 0 Å². The van der Waals surface area contributed by atoms with Gasteiger partial charge < -0.3 is 18.8 Å². The van der Waals surface area contributed by atoms with Crippen LogP contribution in [0, 0.1) is 16.2 Å². The summed E-state index contributed by atoms with van der Waals surface area (Å²) in [4.78, 5) is 39.1. The third kappa shape index (κ3) is 13.9. The van der Waals surface area contributed by atoms with Gasteiger partial charge in [0.25, 0.3) is 10.1 Å². The van der Waals surface area contributed by atoms with Crippen LogP contribution < -0.4 is 0 Å². The first-order valence-electron chi connectivity index (χ1n) is 12.6. The van der Waals surface area contributed by atoms with Crippen LogP contribution in [0.5, 0.6) is 0 Å². The van der Waals surface area contributed by atoms with E-state index in [2.05, 4.69) is 0 Å². The fourth-order valence-corrected chi connectivity index (χ4v) is 5.07. The standard InChI is InChI=1S/C24H44O12S2/c1-7-9-12-35-21(27)24(6,17-22(3,4)19(25)34-13-10-15-37(28,29)30)18-23(5,8-2)20(26)36-14-11-16-38(31,32)33/h7-18H2,1-6H3,(H,28,29,30)(H,31,32,33)/p-1. The van der Waals surface area contributed by atoms with Gasteiger partial charge in [-0.3, -0.25) is 18.9 Å². The van der Waals surface area contributed by atoms with E-state index in [4.69, 9.17) is 18.8 Å². The molecule has 0 heterocycles. The van der Waals surface area contributed by atoms with Gasteiger partial charge >= 0.3 is 17.9 Å². The number of carbonyl (C=O) groups is 3. The van der Waals surface area contributed by atoms with Crippen molar-refractivity contribution in [2.24, 2.45) is 16.2 Å². The van der Waals surface area contributed by atoms with E-state index in [9.17, 15) is 35.8 Å². The molecule has 0 aromatic carbocycles. The Morgan fingerprint density at radius 1 is 0.711 bits per heavy atom. The van der Waals surface area contributed by atoms with Crippen molar-refractivity contribution in [1.82, 2.24) is 0 Å². The fraction of sp³-hybridized carbons (Fsp3) is 0.875. The van der Waals surface area contributed by atoms with Gasteiger partial charge in [-0.2, -0.15) is 8.42 Å². The molecule has 0 spiro atoms. The van der Waals surface area contributed by atoms with Gasteiger partial charge in [0.1, 0.15) is 0 Å². The van der Waals surface area contributed by atoms with Crippen LogP contribution in [0.25, 0.3) is 0 Å². The quantitative estimate of drug-likeness (QED) is 0.101. The second-order valence-electron chi connectivity index (χ2n) is 10.7. The Kier molecular flexibility index (Phi) is 14.4. The number of unbranched alkanes of at least 4 members (excludes halogenated alkanes) is 1. The summed E-state index contributed by atoms with van der Waals surface area (Å²) in [7, 11) is -8.64. The molecule has 0 aliphatic carbocycles. The minimum Gasteiger partial charge on any atom is -0.748 e. The van der Waals surface area contributed by atoms with Crippen molar-refractivity contribution >= 4 is 38.1 Å². The molecule has 0 aliphatic heterocycles. The van der Waals surface area contributed by atoms with Gasteiger partial charge in [0, 0.05) is 5.75 Å². The molecule has 0 rings (SSSR count). The maximum atomic E-state index is 13.3. The predicted molar refractivity (Wildman–Crippen MR) is 138 cm³/mol. The molecule has 0 fully saturated rings. The molecule has 0 bridgehead atoms. The number of hydrogen-bond acceptors (Lipinski definition) is 11. The maximum Gasteiger partial charge on any atom is 0.311 e. The van der Waals surface area contributed by atoms with E-state index in [-0.39, 0.29) is 51.9 Å². The van der Waals surface area contributed by atoms with Crippen LogP contribution in [0.1, 0.15) is 86.5 Å². The lowest BCUT2D eigenvalue weighted by Crippen LogP contribution is -2.44. The predicted octanol–water partition coefficient (Wildman–Crippen LogP) is 2.86. The van der Waals surface area contributed by atoms with Crippen molar-refractivity contribution in [2.75, 3.05) is 31.3 Å². The van der Waals surface area contributed by atoms with E-state index in [1.54, 1.807) is 34.6 Å². The maximum absolute atomic E-state index is 13.3. The molecule has 224 valence electrons. The van der Waals surface area contributed by atoms with Gasteiger partial charge in [-0.05, 0) is 66.2 Å². The van der Waals surface area contributed by atoms with Crippen LogP contribution in [0.3, 0.4) is 0 Å². The van der Waals surface area contributed by atoms with Crippen LogP contribution >= 0.6 is 0 Å². The zero-order valence-electron chi connectivity index (χ0n) is 23.2. The summed E-state index contributed by atoms with van der Waals surface area (Å²) in [5, 5.41) is 0. The third-order valence-electron chi connectivity index (χ3n) is 6.21. The average Bonchev–Trinajstić information content (AvgIpc) is 2.77. The highest BCUT2D eigenvalue weighted by Gasteiger charge is 2.49. The number of rotatable bonds is 19. The SMILES string of the molecule is CCCCOC(=O)C(C)(CC(C)(C)C(=O)OCCCS(=O)(=O)[O-])CC(C)(CC)C(=O)OCCCS(=O)(=O)O. The summed E-state index contributed by atoms with van der Waals surface area (Å²) in [5.74, 6) is -3.23. The summed E-state index contributed by atoms with van der Waals surface area (Å²) in [6, 6.07) is 0. The molecule has 0 aromatic rings. The smallest absolute Gasteiger partial charge is 0.311 e. The number of esters is 3. The molecular weight excluding hydrogens is 544 g/mol. The Morgan fingerprint density at radius 3 is 1.61 bits per heavy atom. The molecule has 38 heavy (non-hydrogen) atoms. The fourth-order valence-electron chi connectivity index (χ4n) is 4.12. The zero-order valence-corrected chi connectivity index (χ0v) is 24.9. The van der Waals surface area contributed by atoms with E-state index in [1.165, 1.54) is 0 Å². The summed E-state index contributed by atoms with van der Waals surface area (Å²) < 4.78 is 78.8. The highest BCUT2D eigenvalue weighted by Crippen LogP contribution is 2.45. The van der Waals surface area contributed by atoms with Crippen molar-refractivity contribution in [3.8, 4) is 0 Å². The molecule has 12 nitrogen and oxygen atoms in total. The van der Waals surface area contributed by atoms with Gasteiger partial charge in [-0.15, -0.1) is 0 Å². The number of ether oxygens (including phenoxy) is 3. The highest BCUT2D eigenvalue weighted by molar-refractivity contribution is 7.85. The Hall–Kier alpha value is -1.77. The molecule has 0 saturated carbocycles. The normalized spacial score (nSPS) is 15.7. The van der Waals surface area contributed by atoms with Gasteiger partial charge in [0.05, 0.1) is 51.9 Å². The first kappa shape index (κ1) is 36.2. The Bertz CT molecular complexity index is 1000. The zero-order chi connectivity index (χ0) is 29.8. The van der Waals surface area contributed by atoms with Gasteiger partial charge in [0.2, 0.25) is 0 Å². The Balaban J connectivity index is 5.72. The molecule has 2 unspecified atom stereocenters. The second-order valence-corrected chi connectivity index (χ2v) is 13.8. The number of carbonyl (C=O) groups excluding carboxylic acids is 3. The van der Waals surface area contributed by atoms with E-state index < -0.39 is 65.9 Å². The van der Waals surface area contributed by atoms with E-state index in [1.807, 2.05) is 6.92 Å². The van der Waals surface area contributed by atoms with Crippen LogP contribution in [0.15, 0.2) is 0 Å². The lowest BCUT2D eigenvalue weighted by atomic mass is 9.65. The van der Waals surface area contributed by atoms with Gasteiger partial charge in [-0.25, -0.2) is 8.42 Å². The summed E-state index contributed by atoms with van der Waals surface area (Å²) in [5.41, 5.74) is -3.78. The van der Waals surface area contributed by atoms with Crippen LogP contribution in [0.4, 0.5) is 0 Å². The van der Waals surface area contributed by atoms with Crippen molar-refractivity contribution in [2.45, 2.75) is 86.5 Å². The average molecular weight is 588 g/mol. The van der Waals surface area contributed by atoms with Crippen LogP contribution in [0.2, 0.25) is 0 Å². The van der Waals surface area contributed by atoms with E-state index in [0.29, 0.717) is 6.42 Å². The molecule has 1 N–H and O–H groups in total. The molecule has 0 saturated heterocycles. The molecule has 0 aliphatic rings. The highest BCUT2D eigenvalue weighted by atomic mass is 32.2. The molecule has 0 amide bonds. The minimum absolute atomic E-state index is 0.0519. The van der Waals surface area contributed by atoms with Crippen molar-refractivity contribution in [3.63, 3.8) is 0 Å². The summed E-state index contributed by atoms with van der Waals surface area (Å²) in [6.45, 7) is 9.56. The van der Waals surface area contributed by atoms with Gasteiger partial charge in [-0.1, -0.05) is 20.3 Å². The minimum atomic E-state index is -4.44. The molecule has 2 atom stereocenters. The first-order valence-corrected chi connectivity index (χ1v) is 15.8. The molecule has 0 aromatic heterocycles. The second kappa shape index (κ2) is 15.1. The first-order chi connectivity index (χ1) is 17.2. The largest absolute Gasteiger partial charge is 0.748 e. The van der Waals surface area contributed by atoms with Gasteiger partial charge in [0.15, 0.2) is 0 Å². The molecular formula is C24H43O12S2-. The summed E-state index contributed by atoms with van der Waals surface area (Å²) in [6.07, 6.45) is 1.27. The lowest BCUT2D eigenvalue weighted by Gasteiger charge is -2.39. The topological polar surface area (TPSA) is 190 Å². The molecule has 0 radical (unpaired) electrons. The Morgan fingerprint density at radius 2 is 1.16 bits per heavy atom. The Labute approximate surface area is 226 Å². The van der Waals surface area contributed by atoms with Crippen molar-refractivity contribution < 1.29 is 54.5 Å². The van der Waals surface area contributed by atoms with Crippen LogP contribution in [-0.2, 0) is 48.8 Å². The van der Waals surface area contributed by atoms with E-state index in [0.717, 1.165) is 6.42 Å². The third-order valence-corrected chi connectivity index (χ3v) is 7.81. The monoisotopic (exact) mass is 587 g/mol.